The number of hydrogen-bond donors (Lipinski definition) is 6. The van der Waals surface area contributed by atoms with Crippen molar-refractivity contribution in [3.8, 4) is 5.75 Å². The van der Waals surface area contributed by atoms with Gasteiger partial charge in [-0.3, -0.25) is 10.1 Å². The van der Waals surface area contributed by atoms with E-state index in [4.69, 9.17) is 14.2 Å². The highest BCUT2D eigenvalue weighted by Crippen LogP contribution is 2.39. The fourth-order valence-corrected chi connectivity index (χ4v) is 3.99. The molecule has 0 radical (unpaired) electrons. The Morgan fingerprint density at radius 3 is 2.27 bits per heavy atom. The molecule has 6 atom stereocenters. The van der Waals surface area contributed by atoms with Gasteiger partial charge in [0.05, 0.1) is 18.3 Å². The van der Waals surface area contributed by atoms with Crippen LogP contribution in [0.1, 0.15) is 47.1 Å². The molecule has 0 unspecified atom stereocenters. The number of ether oxygens (including phenoxy) is 3. The number of carbonyl (C=O) groups is 2. The quantitative estimate of drug-likeness (QED) is 0.293. The van der Waals surface area contributed by atoms with Gasteiger partial charge in [-0.1, -0.05) is 40.7 Å². The third-order valence-corrected chi connectivity index (χ3v) is 7.51. The molecule has 1 aliphatic carbocycles. The largest absolute Gasteiger partial charge is 0.491 e. The van der Waals surface area contributed by atoms with E-state index in [-0.39, 0.29) is 28.9 Å². The number of nitrogens with one attached hydrogen (secondary N) is 2. The molecule has 11 heteroatoms. The number of fused-ring (bicyclic) bond motifs is 1. The lowest BCUT2D eigenvalue weighted by atomic mass is 9.70. The summed E-state index contributed by atoms with van der Waals surface area (Å²) in [7, 11) is 0. The Labute approximate surface area is 216 Å². The molecule has 206 valence electrons. The molecule has 2 amide bonds. The van der Waals surface area contributed by atoms with Crippen molar-refractivity contribution in [1.82, 2.24) is 5.32 Å². The molecule has 2 fully saturated rings. The first-order chi connectivity index (χ1) is 17.1. The number of amides is 2. The second-order valence-electron chi connectivity index (χ2n) is 11.3. The number of anilines is 1. The minimum absolute atomic E-state index is 0.0477. The lowest BCUT2D eigenvalue weighted by Crippen LogP contribution is -2.67. The molecule has 2 aliphatic rings. The third kappa shape index (κ3) is 6.42. The van der Waals surface area contributed by atoms with Crippen molar-refractivity contribution in [1.29, 1.82) is 0 Å². The SMILES string of the molecule is C/C(=C\c1ccc(OCC(C)(C)C(C)(C)C)c(NC(=O)O)c1)C(=O)N[C@@H]1[C@H](O)[C@@H](O)[C@H]2OCO[C@H]2[C@@H]1O. The van der Waals surface area contributed by atoms with Crippen LogP contribution in [0.4, 0.5) is 10.5 Å². The third-order valence-electron chi connectivity index (χ3n) is 7.51. The Morgan fingerprint density at radius 2 is 1.68 bits per heavy atom. The predicted octanol–water partition coefficient (Wildman–Crippen LogP) is 1.95. The lowest BCUT2D eigenvalue weighted by Gasteiger charge is -2.41. The summed E-state index contributed by atoms with van der Waals surface area (Å²) in [5.41, 5.74) is 0.732. The Kier molecular flexibility index (Phi) is 8.55. The summed E-state index contributed by atoms with van der Waals surface area (Å²) >= 11 is 0. The molecule has 3 rings (SSSR count). The number of hydrogen-bond acceptors (Lipinski definition) is 8. The van der Waals surface area contributed by atoms with Crippen LogP contribution in [0.2, 0.25) is 0 Å². The highest BCUT2D eigenvalue weighted by Gasteiger charge is 2.53. The molecule has 1 aromatic carbocycles. The van der Waals surface area contributed by atoms with Crippen LogP contribution in [0.25, 0.3) is 6.08 Å². The monoisotopic (exact) mass is 522 g/mol. The van der Waals surface area contributed by atoms with Crippen molar-refractivity contribution in [2.75, 3.05) is 18.7 Å². The molecular formula is C26H38N2O9. The lowest BCUT2D eigenvalue weighted by molar-refractivity contribution is -0.155. The number of rotatable bonds is 7. The van der Waals surface area contributed by atoms with Crippen LogP contribution in [-0.2, 0) is 14.3 Å². The number of aliphatic hydroxyl groups excluding tert-OH is 3. The summed E-state index contributed by atoms with van der Waals surface area (Å²) in [6, 6.07) is 3.68. The summed E-state index contributed by atoms with van der Waals surface area (Å²) < 4.78 is 16.5. The summed E-state index contributed by atoms with van der Waals surface area (Å²) in [6.07, 6.45) is -5.59. The Balaban J connectivity index is 1.76. The zero-order chi connectivity index (χ0) is 27.7. The fourth-order valence-electron chi connectivity index (χ4n) is 3.99. The van der Waals surface area contributed by atoms with Gasteiger partial charge in [-0.25, -0.2) is 4.79 Å². The fraction of sp³-hybridized carbons (Fsp3) is 0.615. The zero-order valence-corrected chi connectivity index (χ0v) is 22.0. The molecule has 1 heterocycles. The van der Waals surface area contributed by atoms with Crippen LogP contribution in [0.15, 0.2) is 23.8 Å². The van der Waals surface area contributed by atoms with Crippen LogP contribution in [-0.4, -0.2) is 82.4 Å². The maximum Gasteiger partial charge on any atom is 0.409 e. The van der Waals surface area contributed by atoms with Crippen molar-refractivity contribution in [2.45, 2.75) is 78.1 Å². The molecule has 37 heavy (non-hydrogen) atoms. The van der Waals surface area contributed by atoms with E-state index in [2.05, 4.69) is 45.3 Å². The molecule has 1 aliphatic heterocycles. The zero-order valence-electron chi connectivity index (χ0n) is 22.0. The van der Waals surface area contributed by atoms with Gasteiger partial charge in [-0.2, -0.15) is 0 Å². The van der Waals surface area contributed by atoms with Gasteiger partial charge >= 0.3 is 6.09 Å². The van der Waals surface area contributed by atoms with E-state index in [0.717, 1.165) is 0 Å². The smallest absolute Gasteiger partial charge is 0.409 e. The van der Waals surface area contributed by atoms with E-state index >= 15 is 0 Å². The summed E-state index contributed by atoms with van der Waals surface area (Å²) in [6.45, 7) is 12.2. The maximum absolute atomic E-state index is 12.9. The first kappa shape index (κ1) is 28.9. The first-order valence-electron chi connectivity index (χ1n) is 12.2. The average molecular weight is 523 g/mol. The van der Waals surface area contributed by atoms with Crippen molar-refractivity contribution in [2.24, 2.45) is 10.8 Å². The van der Waals surface area contributed by atoms with Gasteiger partial charge in [-0.15, -0.1) is 0 Å². The Morgan fingerprint density at radius 1 is 1.05 bits per heavy atom. The molecule has 1 saturated carbocycles. The summed E-state index contributed by atoms with van der Waals surface area (Å²) in [4.78, 5) is 24.2. The first-order valence-corrected chi connectivity index (χ1v) is 12.2. The summed E-state index contributed by atoms with van der Waals surface area (Å²) in [5.74, 6) is -0.234. The van der Waals surface area contributed by atoms with E-state index in [1.807, 2.05) is 0 Å². The van der Waals surface area contributed by atoms with Gasteiger partial charge in [0, 0.05) is 11.0 Å². The minimum atomic E-state index is -1.46. The number of carbonyl (C=O) groups excluding carboxylic acids is 1. The molecule has 0 aromatic heterocycles. The minimum Gasteiger partial charge on any atom is -0.491 e. The second-order valence-corrected chi connectivity index (χ2v) is 11.3. The Bertz CT molecular complexity index is 1030. The van der Waals surface area contributed by atoms with E-state index in [1.54, 1.807) is 18.2 Å². The van der Waals surface area contributed by atoms with Crippen LogP contribution < -0.4 is 15.4 Å². The van der Waals surface area contributed by atoms with Gasteiger partial charge in [-0.05, 0) is 36.1 Å². The highest BCUT2D eigenvalue weighted by atomic mass is 16.7. The van der Waals surface area contributed by atoms with Crippen LogP contribution in [0, 0.1) is 10.8 Å². The van der Waals surface area contributed by atoms with Crippen LogP contribution >= 0.6 is 0 Å². The molecule has 6 N–H and O–H groups in total. The standard InChI is InChI=1S/C26H38N2O9/c1-13(23(32)28-17-18(29)20(31)22-21(19(17)30)36-12-37-22)9-14-7-8-16(15(10-14)27-24(33)34)35-11-26(5,6)25(2,3)4/h7-10,17-22,27,29-31H,11-12H2,1-6H3,(H,28,32)(H,33,34)/b13-9+/t17-,18+,19-,20-,21+,22-/m1/s1. The van der Waals surface area contributed by atoms with E-state index < -0.39 is 48.6 Å². The van der Waals surface area contributed by atoms with Crippen molar-refractivity contribution in [3.05, 3.63) is 29.3 Å². The molecule has 0 spiro atoms. The van der Waals surface area contributed by atoms with Crippen molar-refractivity contribution >= 4 is 23.8 Å². The van der Waals surface area contributed by atoms with Gasteiger partial charge in [0.15, 0.2) is 0 Å². The van der Waals surface area contributed by atoms with E-state index in [9.17, 15) is 30.0 Å². The number of carboxylic acid groups (broad SMARTS) is 1. The Hall–Kier alpha value is -2.70. The van der Waals surface area contributed by atoms with Crippen molar-refractivity contribution in [3.63, 3.8) is 0 Å². The van der Waals surface area contributed by atoms with E-state index in [0.29, 0.717) is 17.9 Å². The van der Waals surface area contributed by atoms with Crippen molar-refractivity contribution < 1.29 is 44.2 Å². The predicted molar refractivity (Wildman–Crippen MR) is 135 cm³/mol. The van der Waals surface area contributed by atoms with Gasteiger partial charge in [0.25, 0.3) is 0 Å². The van der Waals surface area contributed by atoms with Gasteiger partial charge in [0.1, 0.15) is 43.1 Å². The normalized spacial score (nSPS) is 28.4. The molecule has 0 bridgehead atoms. The molecule has 1 aromatic rings. The van der Waals surface area contributed by atoms with Gasteiger partial charge in [0.2, 0.25) is 5.91 Å². The number of benzene rings is 1. The average Bonchev–Trinajstić information content (AvgIpc) is 3.29. The van der Waals surface area contributed by atoms with Crippen LogP contribution in [0.3, 0.4) is 0 Å². The topological polar surface area (TPSA) is 167 Å². The number of aliphatic hydroxyl groups is 3. The molecule has 11 nitrogen and oxygen atoms in total. The van der Waals surface area contributed by atoms with Gasteiger partial charge < -0.3 is 40.0 Å². The molecular weight excluding hydrogens is 484 g/mol. The highest BCUT2D eigenvalue weighted by molar-refractivity contribution is 5.98. The second kappa shape index (κ2) is 11.0. The van der Waals surface area contributed by atoms with Crippen LogP contribution in [0.5, 0.6) is 5.75 Å². The molecule has 1 saturated heterocycles. The maximum atomic E-state index is 12.9. The van der Waals surface area contributed by atoms with E-state index in [1.165, 1.54) is 13.0 Å². The summed E-state index contributed by atoms with van der Waals surface area (Å²) in [5, 5.41) is 45.5.